The summed E-state index contributed by atoms with van der Waals surface area (Å²) in [6.07, 6.45) is -0.344. The molecule has 0 amide bonds. The van der Waals surface area contributed by atoms with Crippen LogP contribution in [0, 0.1) is 17.9 Å². The molecule has 0 aromatic heterocycles. The molecule has 1 radical (unpaired) electrons. The summed E-state index contributed by atoms with van der Waals surface area (Å²) < 4.78 is 4.95. The SMILES string of the molecule is N#CC1[CH]NCCO1. The first-order valence-electron chi connectivity index (χ1n) is 2.51. The van der Waals surface area contributed by atoms with Crippen molar-refractivity contribution in [2.24, 2.45) is 0 Å². The van der Waals surface area contributed by atoms with E-state index in [4.69, 9.17) is 10.00 Å². The molecule has 8 heavy (non-hydrogen) atoms. The Morgan fingerprint density at radius 1 is 1.88 bits per heavy atom. The van der Waals surface area contributed by atoms with Gasteiger partial charge in [-0.3, -0.25) is 0 Å². The Bertz CT molecular complexity index is 101. The van der Waals surface area contributed by atoms with E-state index in [1.54, 1.807) is 6.54 Å². The molecule has 0 saturated carbocycles. The maximum absolute atomic E-state index is 8.24. The van der Waals surface area contributed by atoms with Crippen molar-refractivity contribution in [3.8, 4) is 6.07 Å². The van der Waals surface area contributed by atoms with E-state index in [1.807, 2.05) is 6.07 Å². The summed E-state index contributed by atoms with van der Waals surface area (Å²) in [6.45, 7) is 3.11. The molecular weight excluding hydrogens is 104 g/mol. The smallest absolute Gasteiger partial charge is 0.160 e. The van der Waals surface area contributed by atoms with Gasteiger partial charge in [-0.25, -0.2) is 0 Å². The Kier molecular flexibility index (Phi) is 1.84. The maximum Gasteiger partial charge on any atom is 0.160 e. The van der Waals surface area contributed by atoms with Crippen LogP contribution in [0.2, 0.25) is 0 Å². The Labute approximate surface area is 48.2 Å². The zero-order valence-corrected chi connectivity index (χ0v) is 4.42. The molecule has 1 aliphatic rings. The lowest BCUT2D eigenvalue weighted by Crippen LogP contribution is -2.32. The van der Waals surface area contributed by atoms with Crippen LogP contribution in [0.15, 0.2) is 0 Å². The first-order valence-corrected chi connectivity index (χ1v) is 2.51. The van der Waals surface area contributed by atoms with Crippen molar-refractivity contribution in [2.75, 3.05) is 13.2 Å². The first kappa shape index (κ1) is 5.54. The van der Waals surface area contributed by atoms with Crippen LogP contribution in [0.1, 0.15) is 0 Å². The van der Waals surface area contributed by atoms with Crippen molar-refractivity contribution >= 4 is 0 Å². The zero-order chi connectivity index (χ0) is 5.82. The number of rotatable bonds is 0. The van der Waals surface area contributed by atoms with Gasteiger partial charge in [0.05, 0.1) is 19.2 Å². The Morgan fingerprint density at radius 2 is 2.75 bits per heavy atom. The minimum absolute atomic E-state index is 0.344. The number of ether oxygens (including phenoxy) is 1. The van der Waals surface area contributed by atoms with E-state index in [2.05, 4.69) is 5.32 Å². The largest absolute Gasteiger partial charge is 0.360 e. The number of hydrogen-bond acceptors (Lipinski definition) is 3. The molecule has 1 rings (SSSR count). The summed E-state index contributed by atoms with van der Waals surface area (Å²) in [6, 6.07) is 1.96. The molecule has 1 saturated heterocycles. The lowest BCUT2D eigenvalue weighted by atomic mass is 10.3. The lowest BCUT2D eigenvalue weighted by Gasteiger charge is -2.16. The van der Waals surface area contributed by atoms with Crippen molar-refractivity contribution in [3.05, 3.63) is 6.54 Å². The summed E-state index contributed by atoms with van der Waals surface area (Å²) in [5.74, 6) is 0. The first-order chi connectivity index (χ1) is 3.93. The van der Waals surface area contributed by atoms with Gasteiger partial charge in [-0.05, 0) is 0 Å². The van der Waals surface area contributed by atoms with Crippen LogP contribution in [-0.2, 0) is 4.74 Å². The highest BCUT2D eigenvalue weighted by Gasteiger charge is 2.10. The van der Waals surface area contributed by atoms with Crippen LogP contribution >= 0.6 is 0 Å². The van der Waals surface area contributed by atoms with E-state index >= 15 is 0 Å². The zero-order valence-electron chi connectivity index (χ0n) is 4.42. The summed E-state index contributed by atoms with van der Waals surface area (Å²) >= 11 is 0. The van der Waals surface area contributed by atoms with E-state index in [0.29, 0.717) is 6.61 Å². The average Bonchev–Trinajstić information content (AvgIpc) is 1.90. The Morgan fingerprint density at radius 3 is 3.12 bits per heavy atom. The maximum atomic E-state index is 8.24. The molecule has 1 aliphatic heterocycles. The molecule has 3 heteroatoms. The highest BCUT2D eigenvalue weighted by molar-refractivity contribution is 4.95. The molecule has 0 bridgehead atoms. The van der Waals surface area contributed by atoms with Crippen LogP contribution in [0.5, 0.6) is 0 Å². The van der Waals surface area contributed by atoms with Crippen LogP contribution in [-0.4, -0.2) is 19.3 Å². The summed E-state index contributed by atoms with van der Waals surface area (Å²) in [5, 5.41) is 11.2. The predicted octanol–water partition coefficient (Wildman–Crippen LogP) is -0.340. The van der Waals surface area contributed by atoms with E-state index < -0.39 is 0 Å². The second-order valence-electron chi connectivity index (χ2n) is 1.54. The van der Waals surface area contributed by atoms with Gasteiger partial charge in [0.25, 0.3) is 0 Å². The van der Waals surface area contributed by atoms with Gasteiger partial charge in [-0.2, -0.15) is 5.26 Å². The molecular formula is C5H7N2O. The van der Waals surface area contributed by atoms with Crippen molar-refractivity contribution in [2.45, 2.75) is 6.10 Å². The van der Waals surface area contributed by atoms with Crippen molar-refractivity contribution in [1.29, 1.82) is 5.26 Å². The van der Waals surface area contributed by atoms with Gasteiger partial charge < -0.3 is 10.1 Å². The van der Waals surface area contributed by atoms with E-state index in [9.17, 15) is 0 Å². The molecule has 0 aromatic carbocycles. The van der Waals surface area contributed by atoms with Crippen molar-refractivity contribution < 1.29 is 4.74 Å². The molecule has 3 nitrogen and oxygen atoms in total. The number of nitrogens with zero attached hydrogens (tertiary/aromatic N) is 1. The van der Waals surface area contributed by atoms with E-state index in [1.165, 1.54) is 0 Å². The Hall–Kier alpha value is -0.590. The van der Waals surface area contributed by atoms with Gasteiger partial charge >= 0.3 is 0 Å². The quantitative estimate of drug-likeness (QED) is 0.465. The van der Waals surface area contributed by atoms with Crippen LogP contribution in [0.3, 0.4) is 0 Å². The number of nitrogens with one attached hydrogen (secondary N) is 1. The van der Waals surface area contributed by atoms with E-state index in [-0.39, 0.29) is 6.10 Å². The Balaban J connectivity index is 2.25. The van der Waals surface area contributed by atoms with Gasteiger partial charge in [0.15, 0.2) is 6.10 Å². The van der Waals surface area contributed by atoms with Crippen LogP contribution < -0.4 is 5.32 Å². The fourth-order valence-electron chi connectivity index (χ4n) is 0.558. The molecule has 0 aromatic rings. The average molecular weight is 111 g/mol. The topological polar surface area (TPSA) is 45.0 Å². The molecule has 0 spiro atoms. The summed E-state index contributed by atoms with van der Waals surface area (Å²) in [5.41, 5.74) is 0. The fourth-order valence-corrected chi connectivity index (χ4v) is 0.558. The second kappa shape index (κ2) is 2.65. The van der Waals surface area contributed by atoms with Crippen LogP contribution in [0.25, 0.3) is 0 Å². The van der Waals surface area contributed by atoms with E-state index in [0.717, 1.165) is 6.54 Å². The predicted molar refractivity (Wildman–Crippen MR) is 27.7 cm³/mol. The molecule has 1 heterocycles. The summed E-state index contributed by atoms with van der Waals surface area (Å²) in [7, 11) is 0. The molecule has 1 unspecified atom stereocenters. The summed E-state index contributed by atoms with van der Waals surface area (Å²) in [4.78, 5) is 0. The van der Waals surface area contributed by atoms with Gasteiger partial charge in [-0.15, -0.1) is 0 Å². The third-order valence-corrected chi connectivity index (χ3v) is 0.940. The van der Waals surface area contributed by atoms with Gasteiger partial charge in [-0.1, -0.05) is 0 Å². The number of nitriles is 1. The second-order valence-corrected chi connectivity index (χ2v) is 1.54. The molecule has 43 valence electrons. The standard InChI is InChI=1S/C5H7N2O/c6-3-5-4-7-1-2-8-5/h4-5,7H,1-2H2. The minimum Gasteiger partial charge on any atom is -0.360 e. The van der Waals surface area contributed by atoms with Gasteiger partial charge in [0.1, 0.15) is 0 Å². The molecule has 1 fully saturated rings. The third-order valence-electron chi connectivity index (χ3n) is 0.940. The highest BCUT2D eigenvalue weighted by atomic mass is 16.5. The minimum atomic E-state index is -0.344. The normalized spacial score (nSPS) is 29.1. The van der Waals surface area contributed by atoms with Gasteiger partial charge in [0, 0.05) is 6.54 Å². The van der Waals surface area contributed by atoms with Crippen LogP contribution in [0.4, 0.5) is 0 Å². The fraction of sp³-hybridized carbons (Fsp3) is 0.600. The number of hydrogen-bond donors (Lipinski definition) is 1. The van der Waals surface area contributed by atoms with Crippen molar-refractivity contribution in [3.63, 3.8) is 0 Å². The number of morpholine rings is 1. The lowest BCUT2D eigenvalue weighted by molar-refractivity contribution is 0.0846. The molecule has 1 N–H and O–H groups in total. The van der Waals surface area contributed by atoms with Gasteiger partial charge in [0.2, 0.25) is 0 Å². The highest BCUT2D eigenvalue weighted by Crippen LogP contribution is 1.95. The van der Waals surface area contributed by atoms with Crippen molar-refractivity contribution in [1.82, 2.24) is 5.32 Å². The molecule has 1 atom stereocenters. The monoisotopic (exact) mass is 111 g/mol. The molecule has 0 aliphatic carbocycles. The third kappa shape index (κ3) is 1.19.